The number of methoxy groups -OCH3 is 2. The summed E-state index contributed by atoms with van der Waals surface area (Å²) in [6, 6.07) is 4.52. The van der Waals surface area contributed by atoms with Crippen molar-refractivity contribution < 1.29 is 33.7 Å². The number of ketones is 2. The number of hydrogen-bond acceptors (Lipinski definition) is 8. The first-order valence-electron chi connectivity index (χ1n) is 9.43. The number of likely N-dealkylation sites (tertiary alicyclic amines) is 1. The zero-order chi connectivity index (χ0) is 22.0. The maximum atomic E-state index is 13.0. The van der Waals surface area contributed by atoms with Gasteiger partial charge in [0.1, 0.15) is 22.8 Å². The first-order chi connectivity index (χ1) is 14.3. The molecule has 30 heavy (non-hydrogen) atoms. The number of hydrogen-bond donors (Lipinski definition) is 2. The van der Waals surface area contributed by atoms with E-state index in [0.717, 1.165) is 0 Å². The van der Waals surface area contributed by atoms with Gasteiger partial charge in [-0.15, -0.1) is 0 Å². The number of piperidine rings is 1. The lowest BCUT2D eigenvalue weighted by molar-refractivity contribution is 0.0618. The number of aliphatic hydroxyl groups is 1. The number of halogens is 1. The predicted molar refractivity (Wildman–Crippen MR) is 112 cm³/mol. The molecular weight excluding hydrogens is 458 g/mol. The summed E-state index contributed by atoms with van der Waals surface area (Å²) < 4.78 is 16.3. The number of Topliss-reactive ketones (excluding diaryl/α,β-unsaturated/α-hetero) is 2. The van der Waals surface area contributed by atoms with E-state index >= 15 is 0 Å². The van der Waals surface area contributed by atoms with Crippen molar-refractivity contribution in [2.75, 3.05) is 34.4 Å². The van der Waals surface area contributed by atoms with Gasteiger partial charge >= 0.3 is 0 Å². The van der Waals surface area contributed by atoms with Crippen molar-refractivity contribution in [1.82, 2.24) is 4.90 Å². The van der Waals surface area contributed by atoms with Crippen molar-refractivity contribution in [2.45, 2.75) is 24.9 Å². The summed E-state index contributed by atoms with van der Waals surface area (Å²) in [7, 11) is 4.71. The largest absolute Gasteiger partial charge is 0.507 e. The Morgan fingerprint density at radius 3 is 2.50 bits per heavy atom. The van der Waals surface area contributed by atoms with Gasteiger partial charge in [-0.2, -0.15) is 0 Å². The van der Waals surface area contributed by atoms with Crippen molar-refractivity contribution in [3.05, 3.63) is 39.8 Å². The average molecular weight is 482 g/mol. The molecule has 1 aromatic carbocycles. The van der Waals surface area contributed by atoms with Gasteiger partial charge in [0.05, 0.1) is 26.7 Å². The molecule has 1 aromatic heterocycles. The third kappa shape index (κ3) is 4.38. The second kappa shape index (κ2) is 9.20. The molecule has 0 spiro atoms. The highest BCUT2D eigenvalue weighted by molar-refractivity contribution is 9.10. The topological polar surface area (TPSA) is 109 Å². The minimum absolute atomic E-state index is 0.0353. The molecule has 2 heterocycles. The molecule has 0 aliphatic carbocycles. The van der Waals surface area contributed by atoms with E-state index in [0.29, 0.717) is 35.5 Å². The van der Waals surface area contributed by atoms with Crippen LogP contribution in [-0.4, -0.2) is 67.1 Å². The Morgan fingerprint density at radius 2 is 1.93 bits per heavy atom. The van der Waals surface area contributed by atoms with E-state index in [-0.39, 0.29) is 22.8 Å². The number of furan rings is 1. The van der Waals surface area contributed by atoms with E-state index in [9.17, 15) is 19.8 Å². The Kier molecular flexibility index (Phi) is 6.84. The molecule has 1 aliphatic rings. The highest BCUT2D eigenvalue weighted by Gasteiger charge is 2.35. The normalized spacial score (nSPS) is 19.5. The Balaban J connectivity index is 2.01. The molecule has 162 valence electrons. The maximum Gasteiger partial charge on any atom is 0.205 e. The SMILES string of the molecule is COc1cc(OC)c(C2CCN(C)CC2O)c(O)c1C(=O)CC(=O)c1ccc(Br)o1. The third-order valence-corrected chi connectivity index (χ3v) is 5.74. The van der Waals surface area contributed by atoms with Gasteiger partial charge in [-0.3, -0.25) is 9.59 Å². The summed E-state index contributed by atoms with van der Waals surface area (Å²) in [4.78, 5) is 27.4. The number of aliphatic hydroxyl groups excluding tert-OH is 1. The predicted octanol–water partition coefficient (Wildman–Crippen LogP) is 3.00. The smallest absolute Gasteiger partial charge is 0.205 e. The van der Waals surface area contributed by atoms with Crippen LogP contribution in [0.1, 0.15) is 45.2 Å². The number of carbonyl (C=O) groups is 2. The summed E-state index contributed by atoms with van der Waals surface area (Å²) in [5.74, 6) is -1.46. The Bertz CT molecular complexity index is 955. The van der Waals surface area contributed by atoms with Crippen molar-refractivity contribution in [2.24, 2.45) is 0 Å². The molecule has 0 radical (unpaired) electrons. The van der Waals surface area contributed by atoms with Crippen molar-refractivity contribution in [3.8, 4) is 17.2 Å². The molecule has 3 rings (SSSR count). The Hall–Kier alpha value is -2.36. The second-order valence-electron chi connectivity index (χ2n) is 7.27. The fourth-order valence-corrected chi connectivity index (χ4v) is 4.11. The summed E-state index contributed by atoms with van der Waals surface area (Å²) in [5.41, 5.74) is 0.230. The number of nitrogens with zero attached hydrogens (tertiary/aromatic N) is 1. The molecule has 2 N–H and O–H groups in total. The molecular formula is C21H24BrNO7. The van der Waals surface area contributed by atoms with E-state index < -0.39 is 30.0 Å². The van der Waals surface area contributed by atoms with Gasteiger partial charge in [0.25, 0.3) is 0 Å². The van der Waals surface area contributed by atoms with Crippen LogP contribution in [0.4, 0.5) is 0 Å². The summed E-state index contributed by atoms with van der Waals surface area (Å²) in [6.07, 6.45) is -0.686. The van der Waals surface area contributed by atoms with E-state index in [1.54, 1.807) is 6.07 Å². The fraction of sp³-hybridized carbons (Fsp3) is 0.429. The minimum Gasteiger partial charge on any atom is -0.507 e. The molecule has 2 atom stereocenters. The number of likely N-dealkylation sites (N-methyl/N-ethyl adjacent to an activating group) is 1. The number of rotatable bonds is 7. The average Bonchev–Trinajstić information content (AvgIpc) is 3.14. The van der Waals surface area contributed by atoms with E-state index in [1.165, 1.54) is 26.4 Å². The monoisotopic (exact) mass is 481 g/mol. The summed E-state index contributed by atoms with van der Waals surface area (Å²) in [6.45, 7) is 1.14. The van der Waals surface area contributed by atoms with Crippen molar-refractivity contribution in [1.29, 1.82) is 0 Å². The molecule has 0 bridgehead atoms. The molecule has 2 aromatic rings. The number of phenolic OH excluding ortho intramolecular Hbond substituents is 1. The molecule has 9 heteroatoms. The van der Waals surface area contributed by atoms with Gasteiger partial charge in [0, 0.05) is 24.1 Å². The number of aromatic hydroxyl groups is 1. The molecule has 1 aliphatic heterocycles. The molecule has 1 fully saturated rings. The van der Waals surface area contributed by atoms with Crippen LogP contribution in [0.15, 0.2) is 27.3 Å². The van der Waals surface area contributed by atoms with Gasteiger partial charge < -0.3 is 29.0 Å². The lowest BCUT2D eigenvalue weighted by Gasteiger charge is -2.35. The van der Waals surface area contributed by atoms with Crippen LogP contribution in [0.2, 0.25) is 0 Å². The van der Waals surface area contributed by atoms with Crippen molar-refractivity contribution in [3.63, 3.8) is 0 Å². The zero-order valence-electron chi connectivity index (χ0n) is 17.0. The lowest BCUT2D eigenvalue weighted by Crippen LogP contribution is -2.40. The van der Waals surface area contributed by atoms with Crippen LogP contribution in [0, 0.1) is 0 Å². The van der Waals surface area contributed by atoms with E-state index in [4.69, 9.17) is 13.9 Å². The summed E-state index contributed by atoms with van der Waals surface area (Å²) in [5, 5.41) is 21.7. The third-order valence-electron chi connectivity index (χ3n) is 5.31. The van der Waals surface area contributed by atoms with Crippen LogP contribution >= 0.6 is 15.9 Å². The van der Waals surface area contributed by atoms with Gasteiger partial charge in [0.2, 0.25) is 5.78 Å². The number of β-amino-alcohol motifs (C(OH)–C–C–N with tert-alkyl or cyclic N) is 1. The number of ether oxygens (including phenoxy) is 2. The van der Waals surface area contributed by atoms with Crippen LogP contribution in [0.25, 0.3) is 0 Å². The number of carbonyl (C=O) groups excluding carboxylic acids is 2. The summed E-state index contributed by atoms with van der Waals surface area (Å²) >= 11 is 3.12. The number of phenols is 1. The van der Waals surface area contributed by atoms with E-state index in [2.05, 4.69) is 15.9 Å². The zero-order valence-corrected chi connectivity index (χ0v) is 18.6. The van der Waals surface area contributed by atoms with Crippen LogP contribution in [-0.2, 0) is 0 Å². The Morgan fingerprint density at radius 1 is 1.23 bits per heavy atom. The van der Waals surface area contributed by atoms with Crippen LogP contribution in [0.5, 0.6) is 17.2 Å². The highest BCUT2D eigenvalue weighted by atomic mass is 79.9. The molecule has 8 nitrogen and oxygen atoms in total. The standard InChI is InChI=1S/C21H24BrNO7/c1-23-7-6-11(14(26)10-23)19-16(28-2)9-17(29-3)20(21(19)27)13(25)8-12(24)15-4-5-18(22)30-15/h4-5,9,11,14,26-27H,6-8,10H2,1-3H3. The highest BCUT2D eigenvalue weighted by Crippen LogP contribution is 2.46. The first-order valence-corrected chi connectivity index (χ1v) is 10.2. The van der Waals surface area contributed by atoms with E-state index in [1.807, 2.05) is 11.9 Å². The van der Waals surface area contributed by atoms with Gasteiger partial charge in [-0.1, -0.05) is 0 Å². The van der Waals surface area contributed by atoms with Gasteiger partial charge in [-0.25, -0.2) is 0 Å². The van der Waals surface area contributed by atoms with Gasteiger partial charge in [-0.05, 0) is 48.1 Å². The molecule has 1 saturated heterocycles. The lowest BCUT2D eigenvalue weighted by atomic mass is 9.84. The minimum atomic E-state index is -0.748. The molecule has 2 unspecified atom stereocenters. The molecule has 0 saturated carbocycles. The van der Waals surface area contributed by atoms with Crippen LogP contribution < -0.4 is 9.47 Å². The second-order valence-corrected chi connectivity index (χ2v) is 8.05. The van der Waals surface area contributed by atoms with Crippen molar-refractivity contribution >= 4 is 27.5 Å². The maximum absolute atomic E-state index is 13.0. The van der Waals surface area contributed by atoms with Gasteiger partial charge in [0.15, 0.2) is 16.2 Å². The quantitative estimate of drug-likeness (QED) is 0.458. The Labute approximate surface area is 182 Å². The first kappa shape index (κ1) is 22.3. The fourth-order valence-electron chi connectivity index (χ4n) is 3.81. The number of benzene rings is 1. The molecule has 0 amide bonds. The van der Waals surface area contributed by atoms with Crippen LogP contribution in [0.3, 0.4) is 0 Å².